The molecule has 3 aliphatic heterocycles. The molecule has 9 heteroatoms. The minimum absolute atomic E-state index is 0.0352. The number of nitrogens with zero attached hydrogens (tertiary/aromatic N) is 6. The molecule has 0 bridgehead atoms. The zero-order chi connectivity index (χ0) is 23.2. The highest BCUT2D eigenvalue weighted by atomic mass is 32.1. The van der Waals surface area contributed by atoms with Crippen molar-refractivity contribution in [3.63, 3.8) is 0 Å². The maximum absolute atomic E-state index is 12.8. The lowest BCUT2D eigenvalue weighted by Crippen LogP contribution is -2.47. The van der Waals surface area contributed by atoms with Crippen molar-refractivity contribution in [2.24, 2.45) is 5.92 Å². The van der Waals surface area contributed by atoms with E-state index in [1.807, 2.05) is 29.1 Å². The maximum atomic E-state index is 12.8. The number of amides is 1. The molecule has 8 nitrogen and oxygen atoms in total. The molecule has 5 rings (SSSR count). The Hall–Kier alpha value is -1.97. The first-order valence-corrected chi connectivity index (χ1v) is 14.0. The van der Waals surface area contributed by atoms with Crippen LogP contribution in [0.4, 0.5) is 5.13 Å². The highest BCUT2D eigenvalue weighted by molar-refractivity contribution is 7.17. The topological polar surface area (TPSA) is 69.5 Å². The summed E-state index contributed by atoms with van der Waals surface area (Å²) >= 11 is 1.58. The van der Waals surface area contributed by atoms with Crippen LogP contribution in [0.25, 0.3) is 5.13 Å². The summed E-state index contributed by atoms with van der Waals surface area (Å²) in [5.41, 5.74) is 0. The lowest BCUT2D eigenvalue weighted by molar-refractivity contribution is -0.125. The van der Waals surface area contributed by atoms with Crippen molar-refractivity contribution in [3.8, 4) is 5.13 Å². The van der Waals surface area contributed by atoms with E-state index < -0.39 is 0 Å². The summed E-state index contributed by atoms with van der Waals surface area (Å²) in [6.07, 6.45) is 13.8. The minimum Gasteiger partial charge on any atom is -0.356 e. The van der Waals surface area contributed by atoms with Crippen molar-refractivity contribution in [3.05, 3.63) is 24.5 Å². The summed E-state index contributed by atoms with van der Waals surface area (Å²) in [6, 6.07) is 4.78. The average Bonchev–Trinajstić information content (AvgIpc) is 3.60. The summed E-state index contributed by atoms with van der Waals surface area (Å²) in [5.74, 6) is 0.233. The summed E-state index contributed by atoms with van der Waals surface area (Å²) in [5, 5.41) is 13.7. The summed E-state index contributed by atoms with van der Waals surface area (Å²) in [6.45, 7) is 8.58. The lowest BCUT2D eigenvalue weighted by atomic mass is 9.97. The van der Waals surface area contributed by atoms with Gasteiger partial charge < -0.3 is 20.0 Å². The molecule has 1 atom stereocenters. The molecule has 3 saturated heterocycles. The highest BCUT2D eigenvalue weighted by Gasteiger charge is 2.28. The zero-order valence-corrected chi connectivity index (χ0v) is 21.1. The Morgan fingerprint density at radius 3 is 2.50 bits per heavy atom. The number of aromatic nitrogens is 3. The van der Waals surface area contributed by atoms with E-state index in [1.54, 1.807) is 11.3 Å². The predicted octanol–water partition coefficient (Wildman–Crippen LogP) is 3.00. The summed E-state index contributed by atoms with van der Waals surface area (Å²) in [7, 11) is 0. The van der Waals surface area contributed by atoms with E-state index in [0.717, 1.165) is 61.7 Å². The van der Waals surface area contributed by atoms with Gasteiger partial charge in [0, 0.05) is 38.1 Å². The van der Waals surface area contributed by atoms with Gasteiger partial charge in [0.25, 0.3) is 0 Å². The molecule has 0 aliphatic carbocycles. The number of likely N-dealkylation sites (tertiary alicyclic amines) is 2. The van der Waals surface area contributed by atoms with E-state index >= 15 is 0 Å². The first-order chi connectivity index (χ1) is 16.8. The molecule has 0 saturated carbocycles. The Labute approximate surface area is 207 Å². The quantitative estimate of drug-likeness (QED) is 0.580. The van der Waals surface area contributed by atoms with Gasteiger partial charge in [0.05, 0.1) is 5.92 Å². The fourth-order valence-electron chi connectivity index (χ4n) is 5.72. The van der Waals surface area contributed by atoms with Crippen LogP contribution in [-0.4, -0.2) is 88.9 Å². The first-order valence-electron chi connectivity index (χ1n) is 13.2. The number of hydrogen-bond acceptors (Lipinski definition) is 7. The van der Waals surface area contributed by atoms with Gasteiger partial charge in [0.1, 0.15) is 0 Å². The molecule has 5 heterocycles. The highest BCUT2D eigenvalue weighted by Crippen LogP contribution is 2.28. The average molecular weight is 486 g/mol. The second kappa shape index (κ2) is 11.6. The summed E-state index contributed by atoms with van der Waals surface area (Å²) in [4.78, 5) is 20.4. The van der Waals surface area contributed by atoms with Crippen LogP contribution in [0.2, 0.25) is 0 Å². The zero-order valence-electron chi connectivity index (χ0n) is 20.3. The van der Waals surface area contributed by atoms with Gasteiger partial charge in [0.15, 0.2) is 0 Å². The number of hydrogen-bond donors (Lipinski definition) is 1. The molecule has 186 valence electrons. The molecule has 0 unspecified atom stereocenters. The number of rotatable bonds is 8. The number of anilines is 1. The normalized spacial score (nSPS) is 23.3. The van der Waals surface area contributed by atoms with Gasteiger partial charge in [-0.1, -0.05) is 17.8 Å². The molecule has 34 heavy (non-hydrogen) atoms. The van der Waals surface area contributed by atoms with Crippen molar-refractivity contribution in [2.75, 3.05) is 57.3 Å². The van der Waals surface area contributed by atoms with Crippen LogP contribution in [0.1, 0.15) is 51.4 Å². The molecule has 2 aromatic rings. The Morgan fingerprint density at radius 1 is 0.941 bits per heavy atom. The Kier molecular flexibility index (Phi) is 8.13. The minimum atomic E-state index is 0.0352. The monoisotopic (exact) mass is 485 g/mol. The van der Waals surface area contributed by atoms with Gasteiger partial charge in [-0.05, 0) is 89.8 Å². The van der Waals surface area contributed by atoms with Gasteiger partial charge >= 0.3 is 0 Å². The van der Waals surface area contributed by atoms with Crippen LogP contribution >= 0.6 is 11.3 Å². The van der Waals surface area contributed by atoms with E-state index in [1.165, 1.54) is 58.3 Å². The molecular weight excluding hydrogens is 446 g/mol. The maximum Gasteiger partial charge on any atom is 0.224 e. The Morgan fingerprint density at radius 2 is 1.71 bits per heavy atom. The molecule has 3 fully saturated rings. The first kappa shape index (κ1) is 23.8. The number of carbonyl (C=O) groups is 1. The summed E-state index contributed by atoms with van der Waals surface area (Å²) < 4.78 is 1.98. The van der Waals surface area contributed by atoms with Crippen LogP contribution < -0.4 is 10.2 Å². The largest absolute Gasteiger partial charge is 0.356 e. The Bertz CT molecular complexity index is 887. The number of nitrogens with one attached hydrogen (secondary N) is 1. The SMILES string of the molecule is O=C(NCCCN1CCC(N2CCCCC2)CC1)[C@@H]1CCCN(c2nnc(-n3cccc3)s2)C1. The second-order valence-electron chi connectivity index (χ2n) is 10.1. The number of carbonyl (C=O) groups excluding carboxylic acids is 1. The van der Waals surface area contributed by atoms with Gasteiger partial charge in [-0.25, -0.2) is 0 Å². The molecule has 0 spiro atoms. The van der Waals surface area contributed by atoms with Crippen molar-refractivity contribution >= 4 is 22.4 Å². The molecule has 3 aliphatic rings. The van der Waals surface area contributed by atoms with E-state index in [2.05, 4.69) is 30.2 Å². The fraction of sp³-hybridized carbons (Fsp3) is 0.720. The fourth-order valence-corrected chi connectivity index (χ4v) is 6.57. The third-order valence-electron chi connectivity index (χ3n) is 7.71. The van der Waals surface area contributed by atoms with Crippen LogP contribution in [0.15, 0.2) is 24.5 Å². The Balaban J connectivity index is 1.00. The van der Waals surface area contributed by atoms with Crippen LogP contribution in [-0.2, 0) is 4.79 Å². The molecule has 0 aromatic carbocycles. The predicted molar refractivity (Wildman–Crippen MR) is 137 cm³/mol. The van der Waals surface area contributed by atoms with E-state index in [4.69, 9.17) is 0 Å². The molecule has 1 amide bonds. The van der Waals surface area contributed by atoms with Crippen LogP contribution in [0, 0.1) is 5.92 Å². The van der Waals surface area contributed by atoms with Gasteiger partial charge in [0.2, 0.25) is 16.2 Å². The van der Waals surface area contributed by atoms with Crippen LogP contribution in [0.5, 0.6) is 0 Å². The van der Waals surface area contributed by atoms with E-state index in [0.29, 0.717) is 0 Å². The third kappa shape index (κ3) is 5.98. The van der Waals surface area contributed by atoms with Gasteiger partial charge in [-0.15, -0.1) is 10.2 Å². The molecule has 2 aromatic heterocycles. The molecule has 0 radical (unpaired) electrons. The van der Waals surface area contributed by atoms with Gasteiger partial charge in [-0.3, -0.25) is 9.36 Å². The van der Waals surface area contributed by atoms with Crippen molar-refractivity contribution < 1.29 is 4.79 Å². The van der Waals surface area contributed by atoms with Crippen molar-refractivity contribution in [1.29, 1.82) is 0 Å². The molecule has 1 N–H and O–H groups in total. The molecular formula is C25H39N7OS. The van der Waals surface area contributed by atoms with Crippen molar-refractivity contribution in [1.82, 2.24) is 29.9 Å². The van der Waals surface area contributed by atoms with E-state index in [-0.39, 0.29) is 11.8 Å². The second-order valence-corrected chi connectivity index (χ2v) is 11.0. The van der Waals surface area contributed by atoms with Crippen molar-refractivity contribution in [2.45, 2.75) is 57.4 Å². The smallest absolute Gasteiger partial charge is 0.224 e. The third-order valence-corrected chi connectivity index (χ3v) is 8.70. The number of piperidine rings is 3. The lowest BCUT2D eigenvalue weighted by Gasteiger charge is -2.40. The van der Waals surface area contributed by atoms with Gasteiger partial charge in [-0.2, -0.15) is 0 Å². The van der Waals surface area contributed by atoms with E-state index in [9.17, 15) is 4.79 Å². The standard InChI is InChI=1S/C25H39N7OS/c33-23(26-11-7-12-29-18-9-22(10-19-29)30-13-2-1-3-14-30)21-8-6-17-32(20-21)25-28-27-24(34-25)31-15-4-5-16-31/h4-5,15-16,21-22H,1-3,6-14,17-20H2,(H,26,33)/t21-/m1/s1. The van der Waals surface area contributed by atoms with Crippen LogP contribution in [0.3, 0.4) is 0 Å².